The smallest absolute Gasteiger partial charge is 0.0886 e. The van der Waals surface area contributed by atoms with Crippen molar-refractivity contribution in [1.29, 1.82) is 0 Å². The van der Waals surface area contributed by atoms with Crippen LogP contribution < -0.4 is 0 Å². The average molecular weight is 677 g/mol. The maximum atomic E-state index is 5.01. The van der Waals surface area contributed by atoms with Gasteiger partial charge in [0.1, 0.15) is 0 Å². The minimum Gasteiger partial charge on any atom is -0.296 e. The molecule has 7 aromatic rings. The fourth-order valence-corrected chi connectivity index (χ4v) is 5.21. The molecule has 8 rings (SSSR count). The molecular weight excluding hydrogens is 655 g/mol. The van der Waals surface area contributed by atoms with E-state index >= 15 is 0 Å². The molecule has 4 aromatic carbocycles. The summed E-state index contributed by atoms with van der Waals surface area (Å²) >= 11 is 0. The second-order valence-corrected chi connectivity index (χ2v) is 9.17. The molecule has 4 heteroatoms. The maximum Gasteiger partial charge on any atom is 0.0886 e. The minimum absolute atomic E-state index is 0. The van der Waals surface area contributed by atoms with Gasteiger partial charge in [-0.15, -0.1) is 29.1 Å². The van der Waals surface area contributed by atoms with E-state index in [4.69, 9.17) is 4.98 Å². The third-order valence-corrected chi connectivity index (χ3v) is 6.91. The zero-order valence-corrected chi connectivity index (χ0v) is 23.3. The number of rotatable bonds is 2. The van der Waals surface area contributed by atoms with Crippen LogP contribution in [0.4, 0.5) is 0 Å². The van der Waals surface area contributed by atoms with Crippen LogP contribution in [0.15, 0.2) is 134 Å². The zero-order chi connectivity index (χ0) is 25.3. The Morgan fingerprint density at radius 2 is 1.15 bits per heavy atom. The standard InChI is InChI=1S/C25H14N.C10H8N2.Ir/c1-2-9-17-16(7-1)8-5-12-20(17)24-15-22-19-11-4-3-10-18(19)21-13-6-14-23(26-24)25(21)22;1-3-7-11-9(5-1)10-6-2-4-8-12-10;/h1-11,13-15H;1-8H;/q-1;;. The Bertz CT molecular complexity index is 1880. The van der Waals surface area contributed by atoms with E-state index in [1.807, 2.05) is 42.5 Å². The van der Waals surface area contributed by atoms with Gasteiger partial charge < -0.3 is 0 Å². The third kappa shape index (κ3) is 4.55. The summed E-state index contributed by atoms with van der Waals surface area (Å²) in [6, 6.07) is 44.8. The Morgan fingerprint density at radius 1 is 0.513 bits per heavy atom. The Morgan fingerprint density at radius 3 is 1.87 bits per heavy atom. The molecule has 1 radical (unpaired) electrons. The summed E-state index contributed by atoms with van der Waals surface area (Å²) in [5.41, 5.74) is 10.1. The van der Waals surface area contributed by atoms with Crippen LogP contribution in [0.2, 0.25) is 0 Å². The average Bonchev–Trinajstić information content (AvgIpc) is 3.33. The van der Waals surface area contributed by atoms with E-state index in [1.54, 1.807) is 12.4 Å². The van der Waals surface area contributed by atoms with E-state index in [0.717, 1.165) is 28.2 Å². The van der Waals surface area contributed by atoms with Crippen molar-refractivity contribution < 1.29 is 20.1 Å². The fraction of sp³-hybridized carbons (Fsp3) is 0. The predicted octanol–water partition coefficient (Wildman–Crippen LogP) is 8.64. The number of hydrogen-bond donors (Lipinski definition) is 0. The van der Waals surface area contributed by atoms with Crippen molar-refractivity contribution in [3.05, 3.63) is 140 Å². The van der Waals surface area contributed by atoms with Crippen molar-refractivity contribution in [2.75, 3.05) is 0 Å². The number of hydrogen-bond acceptors (Lipinski definition) is 3. The Labute approximate surface area is 240 Å². The zero-order valence-electron chi connectivity index (χ0n) is 20.9. The molecule has 0 fully saturated rings. The first kappa shape index (κ1) is 24.8. The third-order valence-electron chi connectivity index (χ3n) is 6.91. The minimum atomic E-state index is 0. The van der Waals surface area contributed by atoms with E-state index in [2.05, 4.69) is 94.9 Å². The van der Waals surface area contributed by atoms with E-state index < -0.39 is 0 Å². The summed E-state index contributed by atoms with van der Waals surface area (Å²) in [7, 11) is 0. The molecular formula is C35H22IrN3-. The largest absolute Gasteiger partial charge is 0.296 e. The quantitative estimate of drug-likeness (QED) is 0.172. The van der Waals surface area contributed by atoms with Crippen LogP contribution in [0, 0.1) is 6.07 Å². The fourth-order valence-electron chi connectivity index (χ4n) is 5.21. The van der Waals surface area contributed by atoms with Gasteiger partial charge >= 0.3 is 0 Å². The predicted molar refractivity (Wildman–Crippen MR) is 155 cm³/mol. The van der Waals surface area contributed by atoms with Crippen molar-refractivity contribution >= 4 is 21.7 Å². The van der Waals surface area contributed by atoms with Crippen LogP contribution in [0.5, 0.6) is 0 Å². The molecule has 3 heterocycles. The summed E-state index contributed by atoms with van der Waals surface area (Å²) in [4.78, 5) is 13.4. The van der Waals surface area contributed by atoms with E-state index in [0.29, 0.717) is 0 Å². The van der Waals surface area contributed by atoms with Crippen molar-refractivity contribution in [2.45, 2.75) is 0 Å². The van der Waals surface area contributed by atoms with Gasteiger partial charge in [0.05, 0.1) is 16.9 Å². The van der Waals surface area contributed by atoms with Crippen molar-refractivity contribution in [3.63, 3.8) is 0 Å². The molecule has 0 unspecified atom stereocenters. The molecule has 3 aromatic heterocycles. The van der Waals surface area contributed by atoms with Gasteiger partial charge in [-0.1, -0.05) is 84.2 Å². The molecule has 0 amide bonds. The van der Waals surface area contributed by atoms with Crippen molar-refractivity contribution in [3.8, 4) is 44.9 Å². The molecule has 39 heavy (non-hydrogen) atoms. The Hall–Kier alpha value is -4.50. The summed E-state index contributed by atoms with van der Waals surface area (Å²) in [6.07, 6.45) is 3.54. The monoisotopic (exact) mass is 677 g/mol. The second-order valence-electron chi connectivity index (χ2n) is 9.17. The Balaban J connectivity index is 0.000000180. The topological polar surface area (TPSA) is 38.7 Å². The molecule has 0 saturated heterocycles. The van der Waals surface area contributed by atoms with Gasteiger partial charge in [0.15, 0.2) is 0 Å². The number of benzene rings is 4. The molecule has 0 saturated carbocycles. The molecule has 0 aliphatic heterocycles. The normalized spacial score (nSPS) is 10.9. The van der Waals surface area contributed by atoms with Gasteiger partial charge in [-0.05, 0) is 58.3 Å². The van der Waals surface area contributed by atoms with Gasteiger partial charge in [-0.25, -0.2) is 0 Å². The maximum absolute atomic E-state index is 5.01. The molecule has 3 nitrogen and oxygen atoms in total. The Kier molecular flexibility index (Phi) is 6.81. The van der Waals surface area contributed by atoms with Gasteiger partial charge in [-0.3, -0.25) is 15.0 Å². The van der Waals surface area contributed by atoms with Crippen LogP contribution in [0.1, 0.15) is 0 Å². The first-order valence-electron chi connectivity index (χ1n) is 12.6. The van der Waals surface area contributed by atoms with Crippen molar-refractivity contribution in [2.24, 2.45) is 0 Å². The van der Waals surface area contributed by atoms with Crippen LogP contribution in [-0.2, 0) is 20.1 Å². The van der Waals surface area contributed by atoms with Gasteiger partial charge in [0.25, 0.3) is 0 Å². The summed E-state index contributed by atoms with van der Waals surface area (Å²) in [5.74, 6) is 0. The van der Waals surface area contributed by atoms with Gasteiger partial charge in [-0.2, -0.15) is 0 Å². The van der Waals surface area contributed by atoms with Crippen molar-refractivity contribution in [1.82, 2.24) is 15.0 Å². The summed E-state index contributed by atoms with van der Waals surface area (Å²) in [5, 5.41) is 3.67. The van der Waals surface area contributed by atoms with Gasteiger partial charge in [0.2, 0.25) is 0 Å². The SMILES string of the molecule is [Ir].[c-]1ccc2ccccc2c1-c1cc2c3c(cccc3n1)-c1ccccc1-2.c1ccc(-c2ccccn2)nc1. The molecule has 1 aliphatic carbocycles. The van der Waals surface area contributed by atoms with Gasteiger partial charge in [0, 0.05) is 37.9 Å². The molecule has 0 spiro atoms. The molecule has 187 valence electrons. The van der Waals surface area contributed by atoms with E-state index in [1.165, 1.54) is 38.4 Å². The van der Waals surface area contributed by atoms with E-state index in [-0.39, 0.29) is 20.1 Å². The summed E-state index contributed by atoms with van der Waals surface area (Å²) in [6.45, 7) is 0. The van der Waals surface area contributed by atoms with E-state index in [9.17, 15) is 0 Å². The molecule has 1 aliphatic rings. The molecule has 0 bridgehead atoms. The molecule has 0 N–H and O–H groups in total. The number of nitrogens with zero attached hydrogens (tertiary/aromatic N) is 3. The number of aromatic nitrogens is 3. The first-order chi connectivity index (χ1) is 18.9. The van der Waals surface area contributed by atoms with Crippen LogP contribution in [-0.4, -0.2) is 15.0 Å². The number of pyridine rings is 3. The molecule has 0 atom stereocenters. The number of fused-ring (bicyclic) bond motifs is 4. The second kappa shape index (κ2) is 10.7. The summed E-state index contributed by atoms with van der Waals surface area (Å²) < 4.78 is 0. The van der Waals surface area contributed by atoms with Crippen LogP contribution in [0.3, 0.4) is 0 Å². The van der Waals surface area contributed by atoms with Crippen LogP contribution >= 0.6 is 0 Å². The van der Waals surface area contributed by atoms with Crippen LogP contribution in [0.25, 0.3) is 66.6 Å². The first-order valence-corrected chi connectivity index (χ1v) is 12.6.